The number of nitro groups is 1. The zero-order chi connectivity index (χ0) is 21.1. The van der Waals surface area contributed by atoms with Crippen LogP contribution < -0.4 is 5.32 Å². The minimum absolute atomic E-state index is 0.317. The number of anilines is 1. The van der Waals surface area contributed by atoms with Crippen LogP contribution in [0.2, 0.25) is 0 Å². The second kappa shape index (κ2) is 7.49. The summed E-state index contributed by atoms with van der Waals surface area (Å²) in [6, 6.07) is 3.90. The second-order valence-electron chi connectivity index (χ2n) is 5.61. The molecule has 2 rings (SSSR count). The fourth-order valence-electron chi connectivity index (χ4n) is 2.20. The Morgan fingerprint density at radius 2 is 2.18 bits per heavy atom. The fourth-order valence-corrected chi connectivity index (χ4v) is 2.20. The lowest BCUT2D eigenvalue weighted by atomic mass is 10.0. The highest BCUT2D eigenvalue weighted by Gasteiger charge is 2.36. The van der Waals surface area contributed by atoms with Crippen molar-refractivity contribution in [3.05, 3.63) is 64.5 Å². The van der Waals surface area contributed by atoms with Crippen molar-refractivity contribution < 1.29 is 28.0 Å². The quantitative estimate of drug-likeness (QED) is 0.438. The predicted octanol–water partition coefficient (Wildman–Crippen LogP) is 2.24. The van der Waals surface area contributed by atoms with Crippen LogP contribution in [0.15, 0.2) is 43.2 Å². The fraction of sp³-hybridized carbons (Fsp3) is 0.188. The Balaban J connectivity index is 2.27. The standard InChI is InChI=1S/C16H12F3N5O4/c1-2-15(26,9-23-8-12(7-21-23)24(27)28)14(25)22-11-4-3-10(6-20)13(5-11)16(17,18)19/h2-5,7-8,26H,1,9H2,(H,22,25)/t15-/m0/s1. The summed E-state index contributed by atoms with van der Waals surface area (Å²) in [5, 5.41) is 35.6. The number of nitrogens with one attached hydrogen (secondary N) is 1. The average Bonchev–Trinajstić information content (AvgIpc) is 3.09. The lowest BCUT2D eigenvalue weighted by Gasteiger charge is -2.23. The summed E-state index contributed by atoms with van der Waals surface area (Å²) in [5.41, 5.74) is -4.91. The Morgan fingerprint density at radius 1 is 1.50 bits per heavy atom. The maximum absolute atomic E-state index is 13.0. The molecule has 0 bridgehead atoms. The first-order valence-corrected chi connectivity index (χ1v) is 7.46. The molecule has 1 atom stereocenters. The molecule has 0 saturated carbocycles. The van der Waals surface area contributed by atoms with Crippen molar-refractivity contribution in [1.82, 2.24) is 9.78 Å². The van der Waals surface area contributed by atoms with Gasteiger partial charge in [0.25, 0.3) is 5.91 Å². The van der Waals surface area contributed by atoms with Gasteiger partial charge in [0.2, 0.25) is 0 Å². The molecule has 0 aliphatic rings. The first-order valence-electron chi connectivity index (χ1n) is 7.46. The number of aliphatic hydroxyl groups is 1. The van der Waals surface area contributed by atoms with Gasteiger partial charge in [-0.1, -0.05) is 6.58 Å². The third kappa shape index (κ3) is 4.33. The number of aromatic nitrogens is 2. The lowest BCUT2D eigenvalue weighted by Crippen LogP contribution is -2.44. The molecule has 1 aromatic carbocycles. The van der Waals surface area contributed by atoms with Crippen molar-refractivity contribution in [3.63, 3.8) is 0 Å². The molecule has 9 nitrogen and oxygen atoms in total. The van der Waals surface area contributed by atoms with Crippen molar-refractivity contribution in [3.8, 4) is 6.07 Å². The van der Waals surface area contributed by atoms with Gasteiger partial charge in [0.1, 0.15) is 12.4 Å². The molecule has 0 aliphatic heterocycles. The van der Waals surface area contributed by atoms with Gasteiger partial charge >= 0.3 is 11.9 Å². The molecule has 28 heavy (non-hydrogen) atoms. The normalized spacial score (nSPS) is 13.2. The Morgan fingerprint density at radius 3 is 2.68 bits per heavy atom. The summed E-state index contributed by atoms with van der Waals surface area (Å²) in [4.78, 5) is 22.3. The van der Waals surface area contributed by atoms with Gasteiger partial charge < -0.3 is 10.4 Å². The number of amides is 1. The number of alkyl halides is 3. The maximum atomic E-state index is 13.0. The van der Waals surface area contributed by atoms with Crippen LogP contribution in [0.25, 0.3) is 0 Å². The Kier molecular flexibility index (Phi) is 5.51. The van der Waals surface area contributed by atoms with E-state index in [1.807, 2.05) is 0 Å². The molecule has 12 heteroatoms. The number of hydrogen-bond acceptors (Lipinski definition) is 6. The van der Waals surface area contributed by atoms with Crippen molar-refractivity contribution in [1.29, 1.82) is 5.26 Å². The predicted molar refractivity (Wildman–Crippen MR) is 88.8 cm³/mol. The summed E-state index contributed by atoms with van der Waals surface area (Å²) in [5.74, 6) is -1.14. The van der Waals surface area contributed by atoms with Crippen molar-refractivity contribution in [2.24, 2.45) is 0 Å². The third-order valence-corrected chi connectivity index (χ3v) is 3.67. The molecule has 2 N–H and O–H groups in total. The smallest absolute Gasteiger partial charge is 0.374 e. The second-order valence-corrected chi connectivity index (χ2v) is 5.61. The van der Waals surface area contributed by atoms with Gasteiger partial charge in [-0.15, -0.1) is 0 Å². The third-order valence-electron chi connectivity index (χ3n) is 3.67. The molecule has 2 aromatic rings. The number of carbonyl (C=O) groups excluding carboxylic acids is 1. The molecule has 1 heterocycles. The monoisotopic (exact) mass is 395 g/mol. The molecule has 146 valence electrons. The van der Waals surface area contributed by atoms with E-state index >= 15 is 0 Å². The number of nitriles is 1. The molecule has 0 unspecified atom stereocenters. The zero-order valence-corrected chi connectivity index (χ0v) is 14.0. The van der Waals surface area contributed by atoms with E-state index in [0.29, 0.717) is 6.07 Å². The van der Waals surface area contributed by atoms with Gasteiger partial charge in [-0.2, -0.15) is 23.5 Å². The Labute approximate surface area is 155 Å². The van der Waals surface area contributed by atoms with Gasteiger partial charge in [0.05, 0.1) is 28.7 Å². The molecular formula is C16H12F3N5O4. The SMILES string of the molecule is C=C[C@](O)(Cn1cc([N+](=O)[O-])cn1)C(=O)Nc1ccc(C#N)c(C(F)(F)F)c1. The maximum Gasteiger partial charge on any atom is 0.417 e. The number of rotatable bonds is 6. The van der Waals surface area contributed by atoms with E-state index in [1.165, 1.54) is 6.07 Å². The number of halogens is 3. The average molecular weight is 395 g/mol. The lowest BCUT2D eigenvalue weighted by molar-refractivity contribution is -0.385. The van der Waals surface area contributed by atoms with E-state index in [1.54, 1.807) is 0 Å². The van der Waals surface area contributed by atoms with E-state index in [9.17, 15) is 33.2 Å². The number of benzene rings is 1. The van der Waals surface area contributed by atoms with E-state index in [4.69, 9.17) is 5.26 Å². The molecule has 1 amide bonds. The summed E-state index contributed by atoms with van der Waals surface area (Å²) < 4.78 is 40.0. The van der Waals surface area contributed by atoms with E-state index < -0.39 is 40.3 Å². The van der Waals surface area contributed by atoms with Crippen molar-refractivity contribution in [2.45, 2.75) is 18.3 Å². The molecule has 0 saturated heterocycles. The van der Waals surface area contributed by atoms with Crippen LogP contribution in [0.1, 0.15) is 11.1 Å². The highest BCUT2D eigenvalue weighted by Crippen LogP contribution is 2.33. The first-order chi connectivity index (χ1) is 13.0. The van der Waals surface area contributed by atoms with Crippen molar-refractivity contribution >= 4 is 17.3 Å². The van der Waals surface area contributed by atoms with Gasteiger partial charge in [-0.3, -0.25) is 19.6 Å². The minimum Gasteiger partial charge on any atom is -0.374 e. The van der Waals surface area contributed by atoms with Crippen LogP contribution in [0, 0.1) is 21.4 Å². The number of hydrogen-bond donors (Lipinski definition) is 2. The molecule has 0 fully saturated rings. The molecular weight excluding hydrogens is 383 g/mol. The molecule has 1 aromatic heterocycles. The van der Waals surface area contributed by atoms with Crippen LogP contribution >= 0.6 is 0 Å². The van der Waals surface area contributed by atoms with E-state index in [0.717, 1.165) is 35.3 Å². The Hall–Kier alpha value is -3.72. The summed E-state index contributed by atoms with van der Waals surface area (Å²) in [6.07, 6.45) is -2.14. The van der Waals surface area contributed by atoms with Crippen LogP contribution in [0.5, 0.6) is 0 Å². The van der Waals surface area contributed by atoms with Gasteiger partial charge in [0.15, 0.2) is 5.60 Å². The molecule has 0 aliphatic carbocycles. The largest absolute Gasteiger partial charge is 0.417 e. The Bertz CT molecular complexity index is 979. The van der Waals surface area contributed by atoms with Gasteiger partial charge in [0, 0.05) is 5.69 Å². The molecule has 0 spiro atoms. The highest BCUT2D eigenvalue weighted by molar-refractivity contribution is 5.98. The number of carbonyl (C=O) groups is 1. The summed E-state index contributed by atoms with van der Waals surface area (Å²) in [6.45, 7) is 2.74. The van der Waals surface area contributed by atoms with E-state index in [2.05, 4.69) is 17.0 Å². The van der Waals surface area contributed by atoms with Gasteiger partial charge in [-0.05, 0) is 24.3 Å². The summed E-state index contributed by atoms with van der Waals surface area (Å²) in [7, 11) is 0. The van der Waals surface area contributed by atoms with Crippen LogP contribution in [0.4, 0.5) is 24.5 Å². The minimum atomic E-state index is -4.82. The highest BCUT2D eigenvalue weighted by atomic mass is 19.4. The first kappa shape index (κ1) is 20.6. The van der Waals surface area contributed by atoms with E-state index in [-0.39, 0.29) is 11.4 Å². The van der Waals surface area contributed by atoms with Crippen LogP contribution in [-0.2, 0) is 17.5 Å². The topological polar surface area (TPSA) is 134 Å². The van der Waals surface area contributed by atoms with Crippen LogP contribution in [-0.4, -0.2) is 31.3 Å². The summed E-state index contributed by atoms with van der Waals surface area (Å²) >= 11 is 0. The zero-order valence-electron chi connectivity index (χ0n) is 14.0. The molecule has 0 radical (unpaired) electrons. The van der Waals surface area contributed by atoms with Crippen molar-refractivity contribution in [2.75, 3.05) is 5.32 Å². The number of nitrogens with zero attached hydrogens (tertiary/aromatic N) is 4. The van der Waals surface area contributed by atoms with Crippen LogP contribution in [0.3, 0.4) is 0 Å². The van der Waals surface area contributed by atoms with Gasteiger partial charge in [-0.25, -0.2) is 0 Å².